The first kappa shape index (κ1) is 14.5. The van der Waals surface area contributed by atoms with E-state index in [4.69, 9.17) is 9.84 Å². The Balaban J connectivity index is 1.67. The van der Waals surface area contributed by atoms with Gasteiger partial charge in [0.1, 0.15) is 5.75 Å². The molecule has 0 amide bonds. The molecule has 0 aliphatic heterocycles. The number of benzene rings is 2. The molecule has 4 heteroatoms. The quantitative estimate of drug-likeness (QED) is 0.789. The molecule has 0 bridgehead atoms. The van der Waals surface area contributed by atoms with Gasteiger partial charge in [0, 0.05) is 11.5 Å². The highest BCUT2D eigenvalue weighted by Crippen LogP contribution is 2.14. The van der Waals surface area contributed by atoms with Gasteiger partial charge in [-0.15, -0.1) is 0 Å². The molecule has 3 nitrogen and oxygen atoms in total. The van der Waals surface area contributed by atoms with E-state index in [2.05, 4.69) is 12.1 Å². The molecular formula is C16H16O3S. The number of hydrogen-bond donors (Lipinski definition) is 1. The van der Waals surface area contributed by atoms with Crippen LogP contribution in [0, 0.1) is 0 Å². The van der Waals surface area contributed by atoms with Crippen molar-refractivity contribution in [2.24, 2.45) is 0 Å². The molecule has 0 saturated carbocycles. The normalized spacial score (nSPS) is 10.2. The van der Waals surface area contributed by atoms with Gasteiger partial charge in [0.05, 0.1) is 12.2 Å². The smallest absolute Gasteiger partial charge is 0.335 e. The zero-order valence-electron chi connectivity index (χ0n) is 11.0. The molecule has 2 aromatic carbocycles. The predicted octanol–water partition coefficient (Wildman–Crippen LogP) is 3.70. The average molecular weight is 288 g/mol. The summed E-state index contributed by atoms with van der Waals surface area (Å²) in [5.41, 5.74) is 1.58. The second kappa shape index (κ2) is 7.60. The SMILES string of the molecule is O=C(O)c1ccc(OCCSCc2ccccc2)cc1. The van der Waals surface area contributed by atoms with Gasteiger partial charge >= 0.3 is 5.97 Å². The lowest BCUT2D eigenvalue weighted by Gasteiger charge is -2.06. The van der Waals surface area contributed by atoms with E-state index in [0.29, 0.717) is 12.4 Å². The molecule has 20 heavy (non-hydrogen) atoms. The highest BCUT2D eigenvalue weighted by molar-refractivity contribution is 7.98. The molecule has 1 N–H and O–H groups in total. The van der Waals surface area contributed by atoms with Gasteiger partial charge in [-0.05, 0) is 29.8 Å². The summed E-state index contributed by atoms with van der Waals surface area (Å²) in [4.78, 5) is 10.7. The van der Waals surface area contributed by atoms with Crippen LogP contribution in [0.3, 0.4) is 0 Å². The number of carbonyl (C=O) groups is 1. The van der Waals surface area contributed by atoms with Crippen molar-refractivity contribution in [1.29, 1.82) is 0 Å². The second-order valence-corrected chi connectivity index (χ2v) is 5.32. The van der Waals surface area contributed by atoms with E-state index < -0.39 is 5.97 Å². The van der Waals surface area contributed by atoms with Crippen molar-refractivity contribution in [1.82, 2.24) is 0 Å². The van der Waals surface area contributed by atoms with Crippen LogP contribution in [0.5, 0.6) is 5.75 Å². The molecule has 0 unspecified atom stereocenters. The number of thioether (sulfide) groups is 1. The number of rotatable bonds is 7. The summed E-state index contributed by atoms with van der Waals surface area (Å²) in [7, 11) is 0. The topological polar surface area (TPSA) is 46.5 Å². The van der Waals surface area contributed by atoms with Gasteiger partial charge in [-0.3, -0.25) is 0 Å². The fraction of sp³-hybridized carbons (Fsp3) is 0.188. The highest BCUT2D eigenvalue weighted by Gasteiger charge is 2.02. The number of carboxylic acids is 1. The number of ether oxygens (including phenoxy) is 1. The third-order valence-electron chi connectivity index (χ3n) is 2.71. The minimum atomic E-state index is -0.921. The second-order valence-electron chi connectivity index (χ2n) is 4.22. The summed E-state index contributed by atoms with van der Waals surface area (Å²) in [5.74, 6) is 1.66. The van der Waals surface area contributed by atoms with Crippen LogP contribution in [0.4, 0.5) is 0 Å². The average Bonchev–Trinajstić information content (AvgIpc) is 2.48. The molecule has 2 rings (SSSR count). The Bertz CT molecular complexity index is 537. The third kappa shape index (κ3) is 4.63. The summed E-state index contributed by atoms with van der Waals surface area (Å²) < 4.78 is 5.56. The molecule has 0 aliphatic rings. The van der Waals surface area contributed by atoms with Gasteiger partial charge in [-0.25, -0.2) is 4.79 Å². The van der Waals surface area contributed by atoms with E-state index >= 15 is 0 Å². The van der Waals surface area contributed by atoms with E-state index in [-0.39, 0.29) is 5.56 Å². The molecule has 0 heterocycles. The van der Waals surface area contributed by atoms with Crippen LogP contribution in [0.1, 0.15) is 15.9 Å². The van der Waals surface area contributed by atoms with Crippen molar-refractivity contribution in [3.05, 3.63) is 65.7 Å². The van der Waals surface area contributed by atoms with Crippen molar-refractivity contribution < 1.29 is 14.6 Å². The number of hydrogen-bond acceptors (Lipinski definition) is 3. The van der Waals surface area contributed by atoms with Gasteiger partial charge < -0.3 is 9.84 Å². The number of aromatic carboxylic acids is 1. The summed E-state index contributed by atoms with van der Waals surface area (Å²) in [6.07, 6.45) is 0. The van der Waals surface area contributed by atoms with Gasteiger partial charge in [0.25, 0.3) is 0 Å². The van der Waals surface area contributed by atoms with Crippen LogP contribution in [-0.4, -0.2) is 23.4 Å². The fourth-order valence-electron chi connectivity index (χ4n) is 1.68. The Morgan fingerprint density at radius 3 is 2.40 bits per heavy atom. The molecule has 0 aliphatic carbocycles. The van der Waals surface area contributed by atoms with E-state index in [1.165, 1.54) is 5.56 Å². The first-order valence-electron chi connectivity index (χ1n) is 6.33. The van der Waals surface area contributed by atoms with E-state index in [1.807, 2.05) is 30.0 Å². The highest BCUT2D eigenvalue weighted by atomic mass is 32.2. The first-order chi connectivity index (χ1) is 9.75. The van der Waals surface area contributed by atoms with Gasteiger partial charge in [0.15, 0.2) is 0 Å². The van der Waals surface area contributed by atoms with Crippen molar-refractivity contribution in [2.75, 3.05) is 12.4 Å². The van der Waals surface area contributed by atoms with E-state index in [9.17, 15) is 4.79 Å². The maximum absolute atomic E-state index is 10.7. The van der Waals surface area contributed by atoms with E-state index in [0.717, 1.165) is 11.5 Å². The first-order valence-corrected chi connectivity index (χ1v) is 7.49. The van der Waals surface area contributed by atoms with E-state index in [1.54, 1.807) is 24.3 Å². The monoisotopic (exact) mass is 288 g/mol. The van der Waals surface area contributed by atoms with Crippen molar-refractivity contribution >= 4 is 17.7 Å². The molecule has 0 fully saturated rings. The Morgan fingerprint density at radius 1 is 1.05 bits per heavy atom. The van der Waals surface area contributed by atoms with Gasteiger partial charge in [-0.1, -0.05) is 30.3 Å². The zero-order valence-corrected chi connectivity index (χ0v) is 11.8. The predicted molar refractivity (Wildman–Crippen MR) is 81.5 cm³/mol. The molecular weight excluding hydrogens is 272 g/mol. The molecule has 0 spiro atoms. The molecule has 0 radical (unpaired) electrons. The van der Waals surface area contributed by atoms with Crippen molar-refractivity contribution in [2.45, 2.75) is 5.75 Å². The minimum absolute atomic E-state index is 0.274. The zero-order chi connectivity index (χ0) is 14.2. The van der Waals surface area contributed by atoms with Crippen LogP contribution >= 0.6 is 11.8 Å². The van der Waals surface area contributed by atoms with Crippen LogP contribution in [-0.2, 0) is 5.75 Å². The molecule has 0 saturated heterocycles. The lowest BCUT2D eigenvalue weighted by molar-refractivity contribution is 0.0697. The summed E-state index contributed by atoms with van der Waals surface area (Å²) in [6.45, 7) is 0.615. The maximum atomic E-state index is 10.7. The minimum Gasteiger partial charge on any atom is -0.493 e. The van der Waals surface area contributed by atoms with Crippen LogP contribution in [0.25, 0.3) is 0 Å². The summed E-state index contributed by atoms with van der Waals surface area (Å²) in [6, 6.07) is 16.8. The van der Waals surface area contributed by atoms with Crippen LogP contribution in [0.15, 0.2) is 54.6 Å². The summed E-state index contributed by atoms with van der Waals surface area (Å²) >= 11 is 1.81. The molecule has 104 valence electrons. The molecule has 0 aromatic heterocycles. The Labute approximate surface area is 122 Å². The largest absolute Gasteiger partial charge is 0.493 e. The Morgan fingerprint density at radius 2 is 1.75 bits per heavy atom. The van der Waals surface area contributed by atoms with Crippen LogP contribution in [0.2, 0.25) is 0 Å². The Hall–Kier alpha value is -1.94. The molecule has 2 aromatic rings. The van der Waals surface area contributed by atoms with Crippen molar-refractivity contribution in [3.63, 3.8) is 0 Å². The van der Waals surface area contributed by atoms with Crippen molar-refractivity contribution in [3.8, 4) is 5.75 Å². The lowest BCUT2D eigenvalue weighted by Crippen LogP contribution is -2.01. The maximum Gasteiger partial charge on any atom is 0.335 e. The fourth-order valence-corrected chi connectivity index (χ4v) is 2.45. The third-order valence-corrected chi connectivity index (χ3v) is 3.70. The summed E-state index contributed by atoms with van der Waals surface area (Å²) in [5, 5.41) is 8.79. The lowest BCUT2D eigenvalue weighted by atomic mass is 10.2. The van der Waals surface area contributed by atoms with Gasteiger partial charge in [-0.2, -0.15) is 11.8 Å². The number of carboxylic acid groups (broad SMARTS) is 1. The Kier molecular flexibility index (Phi) is 5.50. The van der Waals surface area contributed by atoms with Gasteiger partial charge in [0.2, 0.25) is 0 Å². The molecule has 0 atom stereocenters. The standard InChI is InChI=1S/C16H16O3S/c17-16(18)14-6-8-15(9-7-14)19-10-11-20-12-13-4-2-1-3-5-13/h1-9H,10-12H2,(H,17,18). The van der Waals surface area contributed by atoms with Crippen LogP contribution < -0.4 is 4.74 Å².